The maximum absolute atomic E-state index is 11.9. The Morgan fingerprint density at radius 3 is 2.88 bits per heavy atom. The fourth-order valence-corrected chi connectivity index (χ4v) is 3.04. The largest absolute Gasteiger partial charge is 0.346 e. The molecule has 0 bridgehead atoms. The molecule has 7 heteroatoms. The van der Waals surface area contributed by atoms with Gasteiger partial charge in [0.25, 0.3) is 5.69 Å². The van der Waals surface area contributed by atoms with Gasteiger partial charge in [-0.1, -0.05) is 24.3 Å². The van der Waals surface area contributed by atoms with Crippen molar-refractivity contribution in [3.63, 3.8) is 0 Å². The number of para-hydroxylation sites is 1. The van der Waals surface area contributed by atoms with E-state index in [1.807, 2.05) is 24.3 Å². The molecule has 6 nitrogen and oxygen atoms in total. The second-order valence-corrected chi connectivity index (χ2v) is 6.09. The van der Waals surface area contributed by atoms with Crippen molar-refractivity contribution in [1.29, 1.82) is 0 Å². The Bertz CT molecular complexity index is 900. The minimum absolute atomic E-state index is 0.00738. The lowest BCUT2D eigenvalue weighted by Gasteiger charge is -1.98. The topological polar surface area (TPSA) is 85.1 Å². The smallest absolute Gasteiger partial charge is 0.270 e. The van der Waals surface area contributed by atoms with E-state index in [0.29, 0.717) is 12.1 Å². The number of aromatic nitrogens is 1. The van der Waals surface area contributed by atoms with Gasteiger partial charge in [-0.15, -0.1) is 11.3 Å². The van der Waals surface area contributed by atoms with Crippen LogP contribution in [0.3, 0.4) is 0 Å². The van der Waals surface area contributed by atoms with Crippen molar-refractivity contribution in [3.05, 3.63) is 75.3 Å². The van der Waals surface area contributed by atoms with Crippen molar-refractivity contribution in [1.82, 2.24) is 10.3 Å². The van der Waals surface area contributed by atoms with Crippen LogP contribution in [0.2, 0.25) is 0 Å². The average molecular weight is 339 g/mol. The van der Waals surface area contributed by atoms with Gasteiger partial charge in [-0.05, 0) is 23.8 Å². The summed E-state index contributed by atoms with van der Waals surface area (Å²) in [5, 5.41) is 14.3. The monoisotopic (exact) mass is 339 g/mol. The van der Waals surface area contributed by atoms with Gasteiger partial charge < -0.3 is 5.32 Å². The number of nitrogens with zero attached hydrogens (tertiary/aromatic N) is 2. The molecule has 0 aliphatic heterocycles. The molecule has 0 radical (unpaired) electrons. The van der Waals surface area contributed by atoms with Crippen molar-refractivity contribution in [2.45, 2.75) is 6.54 Å². The third-order valence-electron chi connectivity index (χ3n) is 3.26. The fraction of sp³-hybridized carbons (Fsp3) is 0.0588. The van der Waals surface area contributed by atoms with Crippen molar-refractivity contribution in [2.24, 2.45) is 0 Å². The molecule has 1 heterocycles. The summed E-state index contributed by atoms with van der Waals surface area (Å²) in [6.45, 7) is 0.345. The molecule has 0 spiro atoms. The number of hydrogen-bond donors (Lipinski definition) is 1. The predicted molar refractivity (Wildman–Crippen MR) is 93.6 cm³/mol. The molecule has 24 heavy (non-hydrogen) atoms. The summed E-state index contributed by atoms with van der Waals surface area (Å²) in [5.41, 5.74) is 1.50. The molecule has 2 aromatic carbocycles. The number of nitro groups is 1. The summed E-state index contributed by atoms with van der Waals surface area (Å²) < 4.78 is 1.08. The van der Waals surface area contributed by atoms with Gasteiger partial charge in [0.2, 0.25) is 5.91 Å². The summed E-state index contributed by atoms with van der Waals surface area (Å²) in [6.07, 6.45) is 2.90. The van der Waals surface area contributed by atoms with Crippen LogP contribution in [-0.2, 0) is 11.3 Å². The molecule has 1 amide bonds. The first kappa shape index (κ1) is 15.8. The number of thiazole rings is 1. The van der Waals surface area contributed by atoms with Crippen LogP contribution in [0.4, 0.5) is 5.69 Å². The van der Waals surface area contributed by atoms with E-state index in [1.54, 1.807) is 18.2 Å². The van der Waals surface area contributed by atoms with Gasteiger partial charge in [0, 0.05) is 18.2 Å². The van der Waals surface area contributed by atoms with E-state index in [2.05, 4.69) is 10.3 Å². The number of hydrogen-bond acceptors (Lipinski definition) is 5. The van der Waals surface area contributed by atoms with Crippen LogP contribution in [0, 0.1) is 10.1 Å². The molecule has 0 aliphatic carbocycles. The first-order valence-corrected chi connectivity index (χ1v) is 7.98. The highest BCUT2D eigenvalue weighted by Crippen LogP contribution is 2.21. The van der Waals surface area contributed by atoms with E-state index in [0.717, 1.165) is 15.2 Å². The summed E-state index contributed by atoms with van der Waals surface area (Å²) in [6, 6.07) is 13.9. The van der Waals surface area contributed by atoms with Gasteiger partial charge in [0.1, 0.15) is 5.01 Å². The Hall–Kier alpha value is -3.06. The predicted octanol–water partition coefficient (Wildman–Crippen LogP) is 3.53. The van der Waals surface area contributed by atoms with Gasteiger partial charge in [-0.25, -0.2) is 4.98 Å². The molecule has 0 saturated carbocycles. The maximum atomic E-state index is 11.9. The van der Waals surface area contributed by atoms with E-state index in [4.69, 9.17) is 0 Å². The number of rotatable bonds is 5. The quantitative estimate of drug-likeness (QED) is 0.438. The van der Waals surface area contributed by atoms with Crippen LogP contribution >= 0.6 is 11.3 Å². The van der Waals surface area contributed by atoms with E-state index in [-0.39, 0.29) is 11.6 Å². The number of fused-ring (bicyclic) bond motifs is 1. The number of carbonyl (C=O) groups excluding carboxylic acids is 1. The van der Waals surface area contributed by atoms with Crippen molar-refractivity contribution >= 4 is 39.2 Å². The number of benzene rings is 2. The molecule has 0 fully saturated rings. The molecule has 0 atom stereocenters. The first-order chi connectivity index (χ1) is 11.6. The molecular weight excluding hydrogens is 326 g/mol. The normalized spacial score (nSPS) is 11.0. The lowest BCUT2D eigenvalue weighted by atomic mass is 10.2. The lowest BCUT2D eigenvalue weighted by Crippen LogP contribution is -2.20. The third kappa shape index (κ3) is 3.82. The fourth-order valence-electron chi connectivity index (χ4n) is 2.13. The zero-order chi connectivity index (χ0) is 16.9. The SMILES string of the molecule is O=C(/C=C/c1cccc([N+](=O)[O-])c1)NCc1nc2ccccc2s1. The number of nitro benzene ring substituents is 1. The standard InChI is InChI=1S/C17H13N3O3S/c21-16(9-8-12-4-3-5-13(10-12)20(22)23)18-11-17-19-14-6-1-2-7-15(14)24-17/h1-10H,11H2,(H,18,21)/b9-8+. The highest BCUT2D eigenvalue weighted by molar-refractivity contribution is 7.18. The molecule has 1 N–H and O–H groups in total. The van der Waals surface area contributed by atoms with E-state index < -0.39 is 4.92 Å². The summed E-state index contributed by atoms with van der Waals surface area (Å²) in [4.78, 5) is 26.6. The molecule has 0 saturated heterocycles. The molecule has 0 aliphatic rings. The average Bonchev–Trinajstić information content (AvgIpc) is 3.01. The minimum atomic E-state index is -0.468. The van der Waals surface area contributed by atoms with Gasteiger partial charge >= 0.3 is 0 Å². The molecular formula is C17H13N3O3S. The van der Waals surface area contributed by atoms with Crippen molar-refractivity contribution in [3.8, 4) is 0 Å². The van der Waals surface area contributed by atoms with E-state index in [1.165, 1.54) is 29.5 Å². The zero-order valence-corrected chi connectivity index (χ0v) is 13.3. The molecule has 120 valence electrons. The van der Waals surface area contributed by atoms with Gasteiger partial charge in [0.05, 0.1) is 21.7 Å². The molecule has 3 aromatic rings. The Labute approximate surface area is 141 Å². The Balaban J connectivity index is 1.61. The Morgan fingerprint density at radius 1 is 1.25 bits per heavy atom. The van der Waals surface area contributed by atoms with E-state index in [9.17, 15) is 14.9 Å². The number of nitrogens with one attached hydrogen (secondary N) is 1. The second kappa shape index (κ2) is 7.01. The van der Waals surface area contributed by atoms with Gasteiger partial charge in [-0.2, -0.15) is 0 Å². The minimum Gasteiger partial charge on any atom is -0.346 e. The second-order valence-electron chi connectivity index (χ2n) is 4.98. The maximum Gasteiger partial charge on any atom is 0.270 e. The lowest BCUT2D eigenvalue weighted by molar-refractivity contribution is -0.384. The summed E-state index contributed by atoms with van der Waals surface area (Å²) >= 11 is 1.53. The van der Waals surface area contributed by atoms with Gasteiger partial charge in [-0.3, -0.25) is 14.9 Å². The van der Waals surface area contributed by atoms with Crippen molar-refractivity contribution < 1.29 is 9.72 Å². The van der Waals surface area contributed by atoms with E-state index >= 15 is 0 Å². The van der Waals surface area contributed by atoms with Crippen molar-refractivity contribution in [2.75, 3.05) is 0 Å². The van der Waals surface area contributed by atoms with Gasteiger partial charge in [0.15, 0.2) is 0 Å². The van der Waals surface area contributed by atoms with Crippen LogP contribution in [-0.4, -0.2) is 15.8 Å². The van der Waals surface area contributed by atoms with Crippen LogP contribution in [0.5, 0.6) is 0 Å². The number of carbonyl (C=O) groups is 1. The highest BCUT2D eigenvalue weighted by atomic mass is 32.1. The Morgan fingerprint density at radius 2 is 2.08 bits per heavy atom. The molecule has 0 unspecified atom stereocenters. The Kier molecular flexibility index (Phi) is 4.62. The van der Waals surface area contributed by atoms with Crippen LogP contribution in [0.15, 0.2) is 54.6 Å². The molecule has 1 aromatic heterocycles. The number of amides is 1. The van der Waals surface area contributed by atoms with Crippen LogP contribution in [0.25, 0.3) is 16.3 Å². The van der Waals surface area contributed by atoms with Crippen LogP contribution in [0.1, 0.15) is 10.6 Å². The zero-order valence-electron chi connectivity index (χ0n) is 12.5. The number of non-ortho nitro benzene ring substituents is 1. The highest BCUT2D eigenvalue weighted by Gasteiger charge is 2.05. The van der Waals surface area contributed by atoms with Crippen LogP contribution < -0.4 is 5.32 Å². The third-order valence-corrected chi connectivity index (χ3v) is 4.30. The molecule has 3 rings (SSSR count). The first-order valence-electron chi connectivity index (χ1n) is 7.16. The summed E-state index contributed by atoms with van der Waals surface area (Å²) in [7, 11) is 0. The summed E-state index contributed by atoms with van der Waals surface area (Å²) in [5.74, 6) is -0.277.